The van der Waals surface area contributed by atoms with E-state index in [1.54, 1.807) is 0 Å². The number of ether oxygens (including phenoxy) is 1. The van der Waals surface area contributed by atoms with Crippen molar-refractivity contribution in [2.75, 3.05) is 6.61 Å². The highest BCUT2D eigenvalue weighted by molar-refractivity contribution is 4.87. The standard InChI is InChI=1S/C6H12O6/c7-1-2-3(8)4(9)5(10)6(11)12-2/h2-11H,1H2/t2-,3+,4+,5-,6+/m1/s1/i5D. The summed E-state index contributed by atoms with van der Waals surface area (Å²) >= 11 is 0. The van der Waals surface area contributed by atoms with Gasteiger partial charge in [0.1, 0.15) is 24.4 Å². The second-order valence-electron chi connectivity index (χ2n) is 2.57. The van der Waals surface area contributed by atoms with Crippen LogP contribution in [0.25, 0.3) is 0 Å². The predicted octanol–water partition coefficient (Wildman–Crippen LogP) is -3.22. The molecule has 0 spiro atoms. The maximum Gasteiger partial charge on any atom is 0.184 e. The van der Waals surface area contributed by atoms with Crippen LogP contribution >= 0.6 is 0 Å². The van der Waals surface area contributed by atoms with Gasteiger partial charge in [0.2, 0.25) is 0 Å². The van der Waals surface area contributed by atoms with Gasteiger partial charge in [0.25, 0.3) is 0 Å². The van der Waals surface area contributed by atoms with Gasteiger partial charge in [-0.3, -0.25) is 0 Å². The van der Waals surface area contributed by atoms with E-state index in [4.69, 9.17) is 26.9 Å². The third-order valence-corrected chi connectivity index (χ3v) is 1.74. The molecule has 0 unspecified atom stereocenters. The van der Waals surface area contributed by atoms with Crippen molar-refractivity contribution in [2.24, 2.45) is 0 Å². The summed E-state index contributed by atoms with van der Waals surface area (Å²) < 4.78 is 11.5. The fourth-order valence-corrected chi connectivity index (χ4v) is 0.991. The Morgan fingerprint density at radius 3 is 2.25 bits per heavy atom. The average molecular weight is 181 g/mol. The fraction of sp³-hybridized carbons (Fsp3) is 1.00. The molecule has 1 aliphatic rings. The molecular weight excluding hydrogens is 168 g/mol. The van der Waals surface area contributed by atoms with Gasteiger partial charge in [-0.25, -0.2) is 0 Å². The van der Waals surface area contributed by atoms with Crippen molar-refractivity contribution in [2.45, 2.75) is 30.7 Å². The molecule has 72 valence electrons. The van der Waals surface area contributed by atoms with Crippen molar-refractivity contribution < 1.29 is 31.6 Å². The summed E-state index contributed by atoms with van der Waals surface area (Å²) in [5, 5.41) is 45.0. The molecule has 1 rings (SSSR count). The summed E-state index contributed by atoms with van der Waals surface area (Å²) in [5.74, 6) is 0. The zero-order valence-electron chi connectivity index (χ0n) is 7.16. The third kappa shape index (κ3) is 1.58. The van der Waals surface area contributed by atoms with E-state index in [2.05, 4.69) is 4.74 Å². The molecule has 0 radical (unpaired) electrons. The first-order valence-corrected chi connectivity index (χ1v) is 3.44. The molecular formula is C6H12O6. The minimum Gasteiger partial charge on any atom is -0.394 e. The van der Waals surface area contributed by atoms with Crippen molar-refractivity contribution >= 4 is 0 Å². The Hall–Kier alpha value is -0.240. The van der Waals surface area contributed by atoms with E-state index in [1.165, 1.54) is 0 Å². The molecule has 1 saturated heterocycles. The van der Waals surface area contributed by atoms with Gasteiger partial charge in [-0.1, -0.05) is 0 Å². The van der Waals surface area contributed by atoms with Crippen molar-refractivity contribution in [1.29, 1.82) is 0 Å². The SMILES string of the molecule is [2H][C@]1(O)[C@@H](O)O[C@H](CO)[C@H](O)[C@@H]1O. The molecule has 6 nitrogen and oxygen atoms in total. The van der Waals surface area contributed by atoms with Crippen LogP contribution in [0, 0.1) is 0 Å². The first-order valence-electron chi connectivity index (χ1n) is 3.94. The Morgan fingerprint density at radius 2 is 1.75 bits per heavy atom. The molecule has 6 heteroatoms. The maximum absolute atomic E-state index is 9.16. The fourth-order valence-electron chi connectivity index (χ4n) is 0.991. The zero-order valence-corrected chi connectivity index (χ0v) is 6.16. The van der Waals surface area contributed by atoms with Crippen molar-refractivity contribution in [3.05, 3.63) is 0 Å². The van der Waals surface area contributed by atoms with E-state index in [0.29, 0.717) is 0 Å². The summed E-state index contributed by atoms with van der Waals surface area (Å²) in [6.45, 7) is -0.620. The lowest BCUT2D eigenvalue weighted by molar-refractivity contribution is -0.286. The highest BCUT2D eigenvalue weighted by Gasteiger charge is 2.42. The van der Waals surface area contributed by atoms with Gasteiger partial charge in [-0.05, 0) is 0 Å². The lowest BCUT2D eigenvalue weighted by Crippen LogP contribution is -2.58. The van der Waals surface area contributed by atoms with Crippen LogP contribution < -0.4 is 0 Å². The summed E-state index contributed by atoms with van der Waals surface area (Å²) in [7, 11) is 0. The lowest BCUT2D eigenvalue weighted by atomic mass is 10.00. The quantitative estimate of drug-likeness (QED) is 0.291. The molecule has 0 aromatic rings. The molecule has 5 atom stereocenters. The van der Waals surface area contributed by atoms with Crippen LogP contribution in [-0.4, -0.2) is 62.8 Å². The lowest BCUT2D eigenvalue weighted by Gasteiger charge is -2.37. The van der Waals surface area contributed by atoms with Gasteiger partial charge in [0.15, 0.2) is 6.29 Å². The Bertz CT molecular complexity index is 186. The topological polar surface area (TPSA) is 110 Å². The maximum atomic E-state index is 9.16. The largest absolute Gasteiger partial charge is 0.394 e. The molecule has 0 aliphatic carbocycles. The Kier molecular flexibility index (Phi) is 2.54. The highest BCUT2D eigenvalue weighted by atomic mass is 16.6. The summed E-state index contributed by atoms with van der Waals surface area (Å²) in [5.41, 5.74) is 0. The van der Waals surface area contributed by atoms with Crippen LogP contribution in [-0.2, 0) is 4.74 Å². The van der Waals surface area contributed by atoms with E-state index in [1.807, 2.05) is 0 Å². The van der Waals surface area contributed by atoms with Crippen LogP contribution in [0.1, 0.15) is 1.37 Å². The number of aliphatic hydroxyl groups is 5. The van der Waals surface area contributed by atoms with Crippen LogP contribution in [0.2, 0.25) is 0 Å². The first-order chi connectivity index (χ1) is 5.91. The smallest absolute Gasteiger partial charge is 0.184 e. The monoisotopic (exact) mass is 181 g/mol. The molecule has 0 amide bonds. The number of hydrogen-bond acceptors (Lipinski definition) is 6. The molecule has 5 N–H and O–H groups in total. The van der Waals surface area contributed by atoms with Gasteiger partial charge < -0.3 is 30.3 Å². The molecule has 1 heterocycles. The summed E-state index contributed by atoms with van der Waals surface area (Å²) in [4.78, 5) is 0. The number of hydrogen-bond donors (Lipinski definition) is 5. The molecule has 0 saturated carbocycles. The molecule has 1 fully saturated rings. The van der Waals surface area contributed by atoms with E-state index >= 15 is 0 Å². The Morgan fingerprint density at radius 1 is 1.17 bits per heavy atom. The van der Waals surface area contributed by atoms with Gasteiger partial charge in [0.05, 0.1) is 7.98 Å². The first kappa shape index (κ1) is 8.36. The minimum atomic E-state index is -2.68. The second kappa shape index (κ2) is 3.65. The molecule has 0 aromatic heterocycles. The third-order valence-electron chi connectivity index (χ3n) is 1.74. The van der Waals surface area contributed by atoms with Gasteiger partial charge in [-0.15, -0.1) is 0 Å². The van der Waals surface area contributed by atoms with Gasteiger partial charge >= 0.3 is 0 Å². The van der Waals surface area contributed by atoms with E-state index in [0.717, 1.165) is 0 Å². The van der Waals surface area contributed by atoms with E-state index in [-0.39, 0.29) is 0 Å². The Labute approximate surface area is 70.0 Å². The zero-order chi connectivity index (χ0) is 10.2. The number of aliphatic hydroxyl groups excluding tert-OH is 4. The van der Waals surface area contributed by atoms with Crippen molar-refractivity contribution in [1.82, 2.24) is 0 Å². The average Bonchev–Trinajstić information content (AvgIpc) is 2.09. The molecule has 0 aromatic carbocycles. The van der Waals surface area contributed by atoms with Gasteiger partial charge in [0, 0.05) is 0 Å². The van der Waals surface area contributed by atoms with E-state index in [9.17, 15) is 0 Å². The summed E-state index contributed by atoms with van der Waals surface area (Å²) in [6, 6.07) is 0. The minimum absolute atomic E-state index is 0.620. The second-order valence-corrected chi connectivity index (χ2v) is 2.57. The Balaban J connectivity index is 2.79. The van der Waals surface area contributed by atoms with Crippen molar-refractivity contribution in [3.63, 3.8) is 0 Å². The van der Waals surface area contributed by atoms with Crippen LogP contribution in [0.15, 0.2) is 0 Å². The number of rotatable bonds is 1. The van der Waals surface area contributed by atoms with Crippen LogP contribution in [0.5, 0.6) is 0 Å². The molecule has 12 heavy (non-hydrogen) atoms. The summed E-state index contributed by atoms with van der Waals surface area (Å²) in [6.07, 6.45) is -9.31. The highest BCUT2D eigenvalue weighted by Crippen LogP contribution is 2.18. The van der Waals surface area contributed by atoms with Crippen molar-refractivity contribution in [3.8, 4) is 0 Å². The van der Waals surface area contributed by atoms with Crippen LogP contribution in [0.3, 0.4) is 0 Å². The van der Waals surface area contributed by atoms with Gasteiger partial charge in [-0.2, -0.15) is 0 Å². The molecule has 1 aliphatic heterocycles. The predicted molar refractivity (Wildman–Crippen MR) is 36.0 cm³/mol. The van der Waals surface area contributed by atoms with E-state index < -0.39 is 37.3 Å². The molecule has 0 bridgehead atoms. The van der Waals surface area contributed by atoms with Crippen LogP contribution in [0.4, 0.5) is 0 Å². The normalized spacial score (nSPS) is 56.6.